The van der Waals surface area contributed by atoms with Crippen LogP contribution < -0.4 is 5.32 Å². The second kappa shape index (κ2) is 6.68. The van der Waals surface area contributed by atoms with Gasteiger partial charge in [0.1, 0.15) is 11.3 Å². The summed E-state index contributed by atoms with van der Waals surface area (Å²) in [6.07, 6.45) is -2.68. The zero-order valence-electron chi connectivity index (χ0n) is 13.9. The van der Waals surface area contributed by atoms with Crippen molar-refractivity contribution in [2.24, 2.45) is 0 Å². The Morgan fingerprint density at radius 1 is 0.778 bits per heavy atom. The van der Waals surface area contributed by atoms with E-state index < -0.39 is 11.7 Å². The molecule has 134 valence electrons. The van der Waals surface area contributed by atoms with Gasteiger partial charge in [-0.1, -0.05) is 30.3 Å². The summed E-state index contributed by atoms with van der Waals surface area (Å²) in [5.41, 5.74) is 2.51. The van der Waals surface area contributed by atoms with Gasteiger partial charge in [0.25, 0.3) is 0 Å². The van der Waals surface area contributed by atoms with Crippen molar-refractivity contribution in [3.8, 4) is 11.3 Å². The highest BCUT2D eigenvalue weighted by molar-refractivity contribution is 5.76. The number of rotatable bonds is 3. The van der Waals surface area contributed by atoms with Crippen LogP contribution in [0.3, 0.4) is 0 Å². The van der Waals surface area contributed by atoms with Gasteiger partial charge in [0, 0.05) is 11.3 Å². The molecule has 4 aromatic rings. The number of nitrogens with zero attached hydrogens (tertiary/aromatic N) is 3. The number of anilines is 2. The van der Waals surface area contributed by atoms with Gasteiger partial charge in [0.15, 0.2) is 5.65 Å². The largest absolute Gasteiger partial charge is 0.416 e. The van der Waals surface area contributed by atoms with Gasteiger partial charge in [0.2, 0.25) is 0 Å². The molecule has 0 spiro atoms. The molecule has 4 rings (SSSR count). The van der Waals surface area contributed by atoms with Crippen LogP contribution in [-0.4, -0.2) is 15.0 Å². The van der Waals surface area contributed by atoms with Gasteiger partial charge in [-0.05, 0) is 36.4 Å². The minimum atomic E-state index is -4.36. The lowest BCUT2D eigenvalue weighted by Crippen LogP contribution is -2.04. The van der Waals surface area contributed by atoms with Crippen LogP contribution in [0.25, 0.3) is 22.4 Å². The molecule has 0 aliphatic rings. The minimum absolute atomic E-state index is 0.452. The predicted molar refractivity (Wildman–Crippen MR) is 97.5 cm³/mol. The Morgan fingerprint density at radius 2 is 1.52 bits per heavy atom. The Bertz CT molecular complexity index is 1080. The summed E-state index contributed by atoms with van der Waals surface area (Å²) in [6.45, 7) is 0. The lowest BCUT2D eigenvalue weighted by Gasteiger charge is -2.09. The van der Waals surface area contributed by atoms with Crippen molar-refractivity contribution in [1.82, 2.24) is 15.0 Å². The fourth-order valence-electron chi connectivity index (χ4n) is 2.61. The molecule has 4 nitrogen and oxygen atoms in total. The van der Waals surface area contributed by atoms with E-state index in [1.165, 1.54) is 12.1 Å². The van der Waals surface area contributed by atoms with Crippen molar-refractivity contribution in [3.63, 3.8) is 0 Å². The molecule has 0 atom stereocenters. The molecule has 0 fully saturated rings. The van der Waals surface area contributed by atoms with Crippen LogP contribution in [0.15, 0.2) is 72.9 Å². The Hall–Kier alpha value is -3.48. The van der Waals surface area contributed by atoms with E-state index in [2.05, 4.69) is 20.3 Å². The molecule has 2 aromatic carbocycles. The number of hydrogen-bond donors (Lipinski definition) is 1. The zero-order valence-corrected chi connectivity index (χ0v) is 13.9. The average Bonchev–Trinajstić information content (AvgIpc) is 2.68. The standard InChI is InChI=1S/C20H13F3N4/c21-20(22,23)14-6-8-15(9-7-14)25-18-11-10-16-19(27-18)26-17(12-24-16)13-4-2-1-3-5-13/h1-12H,(H,25,26,27). The summed E-state index contributed by atoms with van der Waals surface area (Å²) >= 11 is 0. The lowest BCUT2D eigenvalue weighted by molar-refractivity contribution is -0.137. The molecule has 0 amide bonds. The zero-order chi connectivity index (χ0) is 18.9. The van der Waals surface area contributed by atoms with Crippen molar-refractivity contribution >= 4 is 22.7 Å². The van der Waals surface area contributed by atoms with Gasteiger partial charge in [-0.15, -0.1) is 0 Å². The number of hydrogen-bond acceptors (Lipinski definition) is 4. The molecular formula is C20H13F3N4. The number of alkyl halides is 3. The number of nitrogens with one attached hydrogen (secondary N) is 1. The van der Waals surface area contributed by atoms with Crippen molar-refractivity contribution in [2.75, 3.05) is 5.32 Å². The first-order chi connectivity index (χ1) is 13.0. The topological polar surface area (TPSA) is 50.7 Å². The van der Waals surface area contributed by atoms with E-state index in [1.807, 2.05) is 30.3 Å². The molecule has 0 bridgehead atoms. The third-order valence-corrected chi connectivity index (χ3v) is 3.96. The molecule has 2 aromatic heterocycles. The molecule has 27 heavy (non-hydrogen) atoms. The van der Waals surface area contributed by atoms with Gasteiger partial charge in [-0.3, -0.25) is 4.98 Å². The van der Waals surface area contributed by atoms with Crippen LogP contribution in [0, 0.1) is 0 Å². The molecule has 1 N–H and O–H groups in total. The van der Waals surface area contributed by atoms with E-state index in [1.54, 1.807) is 18.3 Å². The molecule has 0 aliphatic heterocycles. The smallest absolute Gasteiger partial charge is 0.340 e. The molecular weight excluding hydrogens is 353 g/mol. The third-order valence-electron chi connectivity index (χ3n) is 3.96. The minimum Gasteiger partial charge on any atom is -0.340 e. The third kappa shape index (κ3) is 3.72. The van der Waals surface area contributed by atoms with Gasteiger partial charge in [-0.2, -0.15) is 13.2 Å². The second-order valence-corrected chi connectivity index (χ2v) is 5.86. The summed E-state index contributed by atoms with van der Waals surface area (Å²) in [6, 6.07) is 17.8. The summed E-state index contributed by atoms with van der Waals surface area (Å²) in [5.74, 6) is 0.474. The first-order valence-electron chi connectivity index (χ1n) is 8.12. The quantitative estimate of drug-likeness (QED) is 0.523. The monoisotopic (exact) mass is 366 g/mol. The van der Waals surface area contributed by atoms with Crippen molar-refractivity contribution in [1.29, 1.82) is 0 Å². The van der Waals surface area contributed by atoms with Crippen LogP contribution in [0.4, 0.5) is 24.7 Å². The second-order valence-electron chi connectivity index (χ2n) is 5.86. The maximum Gasteiger partial charge on any atom is 0.416 e. The lowest BCUT2D eigenvalue weighted by atomic mass is 10.2. The van der Waals surface area contributed by atoms with Gasteiger partial charge in [0.05, 0.1) is 17.5 Å². The molecule has 0 saturated carbocycles. The highest BCUT2D eigenvalue weighted by Gasteiger charge is 2.29. The molecule has 0 aliphatic carbocycles. The Kier molecular flexibility index (Phi) is 4.19. The summed E-state index contributed by atoms with van der Waals surface area (Å²) < 4.78 is 38.0. The molecule has 2 heterocycles. The fourth-order valence-corrected chi connectivity index (χ4v) is 2.61. The molecule has 0 radical (unpaired) electrons. The average molecular weight is 366 g/mol. The Labute approximate surface area is 152 Å². The van der Waals surface area contributed by atoms with Gasteiger partial charge in [-0.25, -0.2) is 9.97 Å². The number of halogens is 3. The summed E-state index contributed by atoms with van der Waals surface area (Å²) in [5, 5.41) is 2.99. The predicted octanol–water partition coefficient (Wildman–Crippen LogP) is 5.45. The number of fused-ring (bicyclic) bond motifs is 1. The van der Waals surface area contributed by atoms with E-state index in [-0.39, 0.29) is 0 Å². The van der Waals surface area contributed by atoms with Crippen molar-refractivity contribution in [3.05, 3.63) is 78.5 Å². The summed E-state index contributed by atoms with van der Waals surface area (Å²) in [4.78, 5) is 13.3. The van der Waals surface area contributed by atoms with E-state index in [0.717, 1.165) is 17.7 Å². The Balaban J connectivity index is 1.62. The van der Waals surface area contributed by atoms with Crippen LogP contribution in [-0.2, 0) is 6.18 Å². The number of benzene rings is 2. The van der Waals surface area contributed by atoms with Crippen LogP contribution in [0.1, 0.15) is 5.56 Å². The number of aromatic nitrogens is 3. The molecule has 7 heteroatoms. The highest BCUT2D eigenvalue weighted by atomic mass is 19.4. The van der Waals surface area contributed by atoms with E-state index in [4.69, 9.17) is 0 Å². The van der Waals surface area contributed by atoms with Crippen LogP contribution in [0.5, 0.6) is 0 Å². The number of pyridine rings is 1. The molecule has 0 unspecified atom stereocenters. The Morgan fingerprint density at radius 3 is 2.22 bits per heavy atom. The van der Waals surface area contributed by atoms with E-state index in [0.29, 0.717) is 28.4 Å². The van der Waals surface area contributed by atoms with Crippen LogP contribution in [0.2, 0.25) is 0 Å². The van der Waals surface area contributed by atoms with Gasteiger partial charge < -0.3 is 5.32 Å². The maximum absolute atomic E-state index is 12.7. The van der Waals surface area contributed by atoms with E-state index in [9.17, 15) is 13.2 Å². The molecule has 0 saturated heterocycles. The van der Waals surface area contributed by atoms with Crippen molar-refractivity contribution in [2.45, 2.75) is 6.18 Å². The maximum atomic E-state index is 12.7. The highest BCUT2D eigenvalue weighted by Crippen LogP contribution is 2.30. The first kappa shape index (κ1) is 17.0. The normalized spacial score (nSPS) is 11.5. The van der Waals surface area contributed by atoms with Crippen molar-refractivity contribution < 1.29 is 13.2 Å². The first-order valence-corrected chi connectivity index (χ1v) is 8.12. The van der Waals surface area contributed by atoms with Gasteiger partial charge >= 0.3 is 6.18 Å². The van der Waals surface area contributed by atoms with E-state index >= 15 is 0 Å². The van der Waals surface area contributed by atoms with Crippen LogP contribution >= 0.6 is 0 Å². The SMILES string of the molecule is FC(F)(F)c1ccc(Nc2ccc3ncc(-c4ccccc4)nc3n2)cc1. The summed E-state index contributed by atoms with van der Waals surface area (Å²) in [7, 11) is 0. The fraction of sp³-hybridized carbons (Fsp3) is 0.0500.